The first kappa shape index (κ1) is 13.9. The van der Waals surface area contributed by atoms with Crippen LogP contribution in [0.25, 0.3) is 0 Å². The number of aromatic nitrogens is 2. The van der Waals surface area contributed by atoms with Crippen LogP contribution in [0.1, 0.15) is 18.4 Å². The molecule has 5 heteroatoms. The van der Waals surface area contributed by atoms with Gasteiger partial charge < -0.3 is 10.1 Å². The van der Waals surface area contributed by atoms with E-state index >= 15 is 0 Å². The number of rotatable bonds is 7. The van der Waals surface area contributed by atoms with E-state index < -0.39 is 0 Å². The van der Waals surface area contributed by atoms with Crippen LogP contribution in [0.5, 0.6) is 5.75 Å². The number of hydrogen-bond acceptors (Lipinski definition) is 3. The Bertz CT molecular complexity index is 566. The Morgan fingerprint density at radius 2 is 2.20 bits per heavy atom. The van der Waals surface area contributed by atoms with E-state index in [-0.39, 0.29) is 0 Å². The second-order valence-electron chi connectivity index (χ2n) is 5.03. The lowest BCUT2D eigenvalue weighted by molar-refractivity contribution is 0.288. The molecule has 1 heterocycles. The molecule has 4 nitrogen and oxygen atoms in total. The van der Waals surface area contributed by atoms with Gasteiger partial charge in [-0.1, -0.05) is 18.2 Å². The summed E-state index contributed by atoms with van der Waals surface area (Å²) in [5, 5.41) is 7.78. The molecule has 106 valence electrons. The molecule has 1 aliphatic carbocycles. The fraction of sp³-hybridized carbons (Fsp3) is 0.400. The second-order valence-corrected chi connectivity index (χ2v) is 6.28. The molecule has 0 spiro atoms. The number of nitrogens with one attached hydrogen (secondary N) is 1. The zero-order valence-electron chi connectivity index (χ0n) is 11.3. The van der Waals surface area contributed by atoms with Crippen LogP contribution in [-0.4, -0.2) is 22.4 Å². The van der Waals surface area contributed by atoms with Crippen molar-refractivity contribution in [2.45, 2.75) is 32.0 Å². The Kier molecular flexibility index (Phi) is 4.57. The van der Waals surface area contributed by atoms with E-state index in [1.807, 2.05) is 29.2 Å². The van der Waals surface area contributed by atoms with Gasteiger partial charge >= 0.3 is 0 Å². The van der Waals surface area contributed by atoms with Gasteiger partial charge in [-0.05, 0) is 41.5 Å². The van der Waals surface area contributed by atoms with Crippen molar-refractivity contribution in [2.24, 2.45) is 0 Å². The summed E-state index contributed by atoms with van der Waals surface area (Å²) in [6.45, 7) is 2.30. The van der Waals surface area contributed by atoms with Crippen LogP contribution in [0.2, 0.25) is 0 Å². The average molecular weight is 383 g/mol. The third-order valence-corrected chi connectivity index (χ3v) is 3.87. The summed E-state index contributed by atoms with van der Waals surface area (Å²) in [6, 6.07) is 8.96. The molecule has 0 bridgehead atoms. The smallest absolute Gasteiger partial charge is 0.123 e. The SMILES string of the molecule is Ic1cnn(CCOc2ccccc2CNC2CC2)c1. The van der Waals surface area contributed by atoms with Crippen molar-refractivity contribution in [3.05, 3.63) is 45.8 Å². The quantitative estimate of drug-likeness (QED) is 0.748. The first-order valence-corrected chi connectivity index (χ1v) is 8.01. The second kappa shape index (κ2) is 6.58. The molecular formula is C15H18IN3O. The minimum absolute atomic E-state index is 0.637. The minimum atomic E-state index is 0.637. The van der Waals surface area contributed by atoms with Gasteiger partial charge in [0.25, 0.3) is 0 Å². The molecule has 1 aromatic heterocycles. The van der Waals surface area contributed by atoms with Gasteiger partial charge in [0.15, 0.2) is 0 Å². The molecule has 3 rings (SSSR count). The number of hydrogen-bond donors (Lipinski definition) is 1. The average Bonchev–Trinajstić information content (AvgIpc) is 3.20. The third kappa shape index (κ3) is 3.96. The summed E-state index contributed by atoms with van der Waals surface area (Å²) in [6.07, 6.45) is 6.49. The van der Waals surface area contributed by atoms with E-state index in [1.54, 1.807) is 0 Å². The van der Waals surface area contributed by atoms with Gasteiger partial charge in [0.2, 0.25) is 0 Å². The highest BCUT2D eigenvalue weighted by Crippen LogP contribution is 2.22. The molecule has 1 N–H and O–H groups in total. The molecule has 2 aromatic rings. The maximum absolute atomic E-state index is 5.90. The molecule has 0 aliphatic heterocycles. The van der Waals surface area contributed by atoms with Gasteiger partial charge in [-0.15, -0.1) is 0 Å². The molecular weight excluding hydrogens is 365 g/mol. The summed E-state index contributed by atoms with van der Waals surface area (Å²) < 4.78 is 8.96. The normalized spacial score (nSPS) is 14.4. The van der Waals surface area contributed by atoms with Crippen LogP contribution in [0.3, 0.4) is 0 Å². The summed E-state index contributed by atoms with van der Waals surface area (Å²) in [5.41, 5.74) is 1.23. The van der Waals surface area contributed by atoms with Crippen LogP contribution >= 0.6 is 22.6 Å². The lowest BCUT2D eigenvalue weighted by Gasteiger charge is -2.12. The molecule has 0 saturated heterocycles. The monoisotopic (exact) mass is 383 g/mol. The topological polar surface area (TPSA) is 39.1 Å². The first-order chi connectivity index (χ1) is 9.81. The van der Waals surface area contributed by atoms with Crippen LogP contribution in [-0.2, 0) is 13.1 Å². The van der Waals surface area contributed by atoms with Crippen molar-refractivity contribution in [1.29, 1.82) is 0 Å². The van der Waals surface area contributed by atoms with Crippen molar-refractivity contribution in [3.63, 3.8) is 0 Å². The highest BCUT2D eigenvalue weighted by Gasteiger charge is 2.20. The zero-order chi connectivity index (χ0) is 13.8. The van der Waals surface area contributed by atoms with Gasteiger partial charge in [0.1, 0.15) is 12.4 Å². The zero-order valence-corrected chi connectivity index (χ0v) is 13.4. The van der Waals surface area contributed by atoms with Crippen LogP contribution in [0, 0.1) is 3.57 Å². The van der Waals surface area contributed by atoms with Gasteiger partial charge in [-0.2, -0.15) is 5.10 Å². The fourth-order valence-corrected chi connectivity index (χ4v) is 2.49. The molecule has 1 aliphatic rings. The number of nitrogens with zero attached hydrogens (tertiary/aromatic N) is 2. The van der Waals surface area contributed by atoms with Crippen LogP contribution in [0.4, 0.5) is 0 Å². The van der Waals surface area contributed by atoms with Crippen LogP contribution in [0.15, 0.2) is 36.7 Å². The van der Waals surface area contributed by atoms with Gasteiger partial charge in [-0.25, -0.2) is 0 Å². The summed E-state index contributed by atoms with van der Waals surface area (Å²) >= 11 is 2.26. The Labute approximate surface area is 132 Å². The van der Waals surface area contributed by atoms with E-state index in [1.165, 1.54) is 18.4 Å². The largest absolute Gasteiger partial charge is 0.491 e. The van der Waals surface area contributed by atoms with E-state index in [9.17, 15) is 0 Å². The number of para-hydroxylation sites is 1. The van der Waals surface area contributed by atoms with Gasteiger partial charge in [0.05, 0.1) is 16.3 Å². The van der Waals surface area contributed by atoms with E-state index in [0.29, 0.717) is 12.6 Å². The molecule has 0 amide bonds. The molecule has 20 heavy (non-hydrogen) atoms. The highest BCUT2D eigenvalue weighted by atomic mass is 127. The van der Waals surface area contributed by atoms with Crippen molar-refractivity contribution in [2.75, 3.05) is 6.61 Å². The molecule has 1 fully saturated rings. The molecule has 1 saturated carbocycles. The highest BCUT2D eigenvalue weighted by molar-refractivity contribution is 14.1. The van der Waals surface area contributed by atoms with Crippen molar-refractivity contribution in [1.82, 2.24) is 15.1 Å². The standard InChI is InChI=1S/C15H18IN3O/c16-13-10-18-19(11-13)7-8-20-15-4-2-1-3-12(15)9-17-14-5-6-14/h1-4,10-11,14,17H,5-9H2. The van der Waals surface area contributed by atoms with Gasteiger partial charge in [0, 0.05) is 24.3 Å². The summed E-state index contributed by atoms with van der Waals surface area (Å²) in [7, 11) is 0. The van der Waals surface area contributed by atoms with Crippen LogP contribution < -0.4 is 10.1 Å². The predicted octanol–water partition coefficient (Wildman–Crippen LogP) is 2.82. The fourth-order valence-electron chi connectivity index (χ4n) is 2.04. The van der Waals surface area contributed by atoms with Crippen molar-refractivity contribution < 1.29 is 4.74 Å². The Balaban J connectivity index is 1.53. The maximum Gasteiger partial charge on any atom is 0.123 e. The minimum Gasteiger partial charge on any atom is -0.491 e. The van der Waals surface area contributed by atoms with E-state index in [2.05, 4.69) is 45.1 Å². The summed E-state index contributed by atoms with van der Waals surface area (Å²) in [4.78, 5) is 0. The number of ether oxygens (including phenoxy) is 1. The maximum atomic E-state index is 5.90. The van der Waals surface area contributed by atoms with E-state index in [0.717, 1.165) is 22.4 Å². The first-order valence-electron chi connectivity index (χ1n) is 6.93. The Hall–Kier alpha value is -1.08. The van der Waals surface area contributed by atoms with E-state index in [4.69, 9.17) is 4.74 Å². The molecule has 0 radical (unpaired) electrons. The predicted molar refractivity (Wildman–Crippen MR) is 86.7 cm³/mol. The third-order valence-electron chi connectivity index (χ3n) is 3.31. The Morgan fingerprint density at radius 3 is 2.95 bits per heavy atom. The Morgan fingerprint density at radius 1 is 1.35 bits per heavy atom. The lowest BCUT2D eigenvalue weighted by Crippen LogP contribution is -2.16. The van der Waals surface area contributed by atoms with Gasteiger partial charge in [-0.3, -0.25) is 4.68 Å². The van der Waals surface area contributed by atoms with Crippen molar-refractivity contribution in [3.8, 4) is 5.75 Å². The lowest BCUT2D eigenvalue weighted by atomic mass is 10.2. The van der Waals surface area contributed by atoms with Crippen molar-refractivity contribution >= 4 is 22.6 Å². The molecule has 0 atom stereocenters. The summed E-state index contributed by atoms with van der Waals surface area (Å²) in [5.74, 6) is 0.975. The number of benzene rings is 1. The number of halogens is 1. The molecule has 0 unspecified atom stereocenters. The molecule has 1 aromatic carbocycles.